The first kappa shape index (κ1) is 13.1. The van der Waals surface area contributed by atoms with Gasteiger partial charge in [0.05, 0.1) is 19.1 Å². The Morgan fingerprint density at radius 2 is 1.74 bits per heavy atom. The van der Waals surface area contributed by atoms with Crippen LogP contribution in [0.3, 0.4) is 0 Å². The molecule has 0 aromatic heterocycles. The molecule has 0 amide bonds. The molecule has 3 heteroatoms. The van der Waals surface area contributed by atoms with Gasteiger partial charge in [-0.05, 0) is 11.6 Å². The lowest BCUT2D eigenvalue weighted by Crippen LogP contribution is -2.12. The van der Waals surface area contributed by atoms with Gasteiger partial charge in [-0.25, -0.2) is 0 Å². The van der Waals surface area contributed by atoms with Gasteiger partial charge in [-0.15, -0.1) is 0 Å². The smallest absolute Gasteiger partial charge is 0.147 e. The van der Waals surface area contributed by atoms with Crippen LogP contribution in [0.4, 0.5) is 0 Å². The summed E-state index contributed by atoms with van der Waals surface area (Å²) in [5.74, 6) is 0.645. The van der Waals surface area contributed by atoms with E-state index in [-0.39, 0.29) is 6.61 Å². The molecule has 96 valence electrons. The lowest BCUT2D eigenvalue weighted by atomic mass is 10.1. The minimum absolute atomic E-state index is 0.106. The van der Waals surface area contributed by atoms with Gasteiger partial charge in [-0.2, -0.15) is 5.26 Å². The number of aliphatic hydroxyl groups excluding tert-OH is 1. The summed E-state index contributed by atoms with van der Waals surface area (Å²) >= 11 is 0. The first-order chi connectivity index (χ1) is 9.35. The number of aliphatic hydroxyl groups is 1. The molecule has 0 saturated heterocycles. The normalized spacial score (nSPS) is 11.6. The molecule has 3 nitrogen and oxygen atoms in total. The topological polar surface area (TPSA) is 53.2 Å². The fraction of sp³-hybridized carbons (Fsp3) is 0.188. The second-order valence-electron chi connectivity index (χ2n) is 4.14. The maximum absolute atomic E-state index is 9.47. The third-order valence-corrected chi connectivity index (χ3v) is 2.85. The summed E-state index contributed by atoms with van der Waals surface area (Å²) in [6, 6.07) is 19.1. The summed E-state index contributed by atoms with van der Waals surface area (Å²) in [6.07, 6.45) is -0.121. The van der Waals surface area contributed by atoms with Crippen LogP contribution in [0.1, 0.15) is 17.2 Å². The van der Waals surface area contributed by atoms with Gasteiger partial charge >= 0.3 is 0 Å². The molecule has 1 N–H and O–H groups in total. The van der Waals surface area contributed by atoms with Crippen LogP contribution in [0.5, 0.6) is 5.75 Å². The molecular formula is C16H15NO2. The van der Waals surface area contributed by atoms with Gasteiger partial charge < -0.3 is 9.84 Å². The van der Waals surface area contributed by atoms with Gasteiger partial charge in [-0.1, -0.05) is 48.5 Å². The van der Waals surface area contributed by atoms with Crippen LogP contribution in [-0.2, 0) is 6.42 Å². The Morgan fingerprint density at radius 3 is 2.42 bits per heavy atom. The maximum Gasteiger partial charge on any atom is 0.147 e. The molecule has 1 atom stereocenters. The first-order valence-electron chi connectivity index (χ1n) is 6.12. The van der Waals surface area contributed by atoms with Crippen LogP contribution in [0.2, 0.25) is 0 Å². The summed E-state index contributed by atoms with van der Waals surface area (Å²) in [5.41, 5.74) is 1.75. The highest BCUT2D eigenvalue weighted by atomic mass is 16.5. The van der Waals surface area contributed by atoms with Gasteiger partial charge in [0.15, 0.2) is 0 Å². The van der Waals surface area contributed by atoms with Crippen molar-refractivity contribution in [3.8, 4) is 11.8 Å². The average Bonchev–Trinajstić information content (AvgIpc) is 2.47. The number of nitrogens with zero attached hydrogens (tertiary/aromatic N) is 1. The van der Waals surface area contributed by atoms with Crippen molar-refractivity contribution in [3.63, 3.8) is 0 Å². The predicted molar refractivity (Wildman–Crippen MR) is 72.7 cm³/mol. The predicted octanol–water partition coefficient (Wildman–Crippen LogP) is 2.87. The fourth-order valence-corrected chi connectivity index (χ4v) is 1.88. The van der Waals surface area contributed by atoms with E-state index in [4.69, 9.17) is 10.00 Å². The molecule has 0 spiro atoms. The van der Waals surface area contributed by atoms with E-state index in [9.17, 15) is 5.11 Å². The third-order valence-electron chi connectivity index (χ3n) is 2.85. The molecule has 0 heterocycles. The zero-order valence-corrected chi connectivity index (χ0v) is 10.5. The Labute approximate surface area is 112 Å². The van der Waals surface area contributed by atoms with Crippen LogP contribution in [0.25, 0.3) is 0 Å². The maximum atomic E-state index is 9.47. The molecule has 2 rings (SSSR count). The zero-order chi connectivity index (χ0) is 13.5. The molecule has 19 heavy (non-hydrogen) atoms. The Balaban J connectivity index is 2.22. The average molecular weight is 253 g/mol. The molecule has 2 aromatic rings. The third kappa shape index (κ3) is 3.34. The van der Waals surface area contributed by atoms with Crippen LogP contribution in [0, 0.1) is 11.3 Å². The van der Waals surface area contributed by atoms with Crippen molar-refractivity contribution in [1.29, 1.82) is 5.26 Å². The Hall–Kier alpha value is -2.31. The Morgan fingerprint density at radius 1 is 1.05 bits per heavy atom. The molecule has 1 unspecified atom stereocenters. The second kappa shape index (κ2) is 6.58. The largest absolute Gasteiger partial charge is 0.483 e. The highest BCUT2D eigenvalue weighted by Crippen LogP contribution is 2.25. The number of hydrogen-bond acceptors (Lipinski definition) is 3. The minimum atomic E-state index is -0.416. The highest BCUT2D eigenvalue weighted by molar-refractivity contribution is 5.36. The summed E-state index contributed by atoms with van der Waals surface area (Å²) in [5, 5.41) is 18.3. The molecule has 0 saturated carbocycles. The fourth-order valence-electron chi connectivity index (χ4n) is 1.88. The number of para-hydroxylation sites is 1. The molecule has 0 fully saturated rings. The Kier molecular flexibility index (Phi) is 4.54. The number of rotatable bonds is 5. The standard InChI is InChI=1S/C16H15NO2/c17-11-10-14-8-4-5-9-15(14)19-16(12-18)13-6-2-1-3-7-13/h1-9,16,18H,10,12H2. The Bertz CT molecular complexity index is 560. The lowest BCUT2D eigenvalue weighted by molar-refractivity contribution is 0.115. The molecule has 0 radical (unpaired) electrons. The number of nitriles is 1. The summed E-state index contributed by atoms with van der Waals surface area (Å²) < 4.78 is 5.83. The molecule has 0 aliphatic carbocycles. The number of ether oxygens (including phenoxy) is 1. The van der Waals surface area contributed by atoms with Gasteiger partial charge in [0.1, 0.15) is 11.9 Å². The van der Waals surface area contributed by atoms with Gasteiger partial charge in [0, 0.05) is 5.56 Å². The van der Waals surface area contributed by atoms with E-state index in [0.717, 1.165) is 11.1 Å². The van der Waals surface area contributed by atoms with Gasteiger partial charge in [-0.3, -0.25) is 0 Å². The number of benzene rings is 2. The van der Waals surface area contributed by atoms with Crippen LogP contribution >= 0.6 is 0 Å². The zero-order valence-electron chi connectivity index (χ0n) is 10.5. The van der Waals surface area contributed by atoms with Crippen LogP contribution < -0.4 is 4.74 Å². The van der Waals surface area contributed by atoms with Crippen molar-refractivity contribution in [2.24, 2.45) is 0 Å². The monoisotopic (exact) mass is 253 g/mol. The van der Waals surface area contributed by atoms with Crippen LogP contribution in [-0.4, -0.2) is 11.7 Å². The van der Waals surface area contributed by atoms with Gasteiger partial charge in [0.25, 0.3) is 0 Å². The molecule has 2 aromatic carbocycles. The van der Waals surface area contributed by atoms with E-state index in [2.05, 4.69) is 6.07 Å². The van der Waals surface area contributed by atoms with E-state index < -0.39 is 6.10 Å². The lowest BCUT2D eigenvalue weighted by Gasteiger charge is -2.19. The van der Waals surface area contributed by atoms with E-state index >= 15 is 0 Å². The van der Waals surface area contributed by atoms with Crippen molar-refractivity contribution in [1.82, 2.24) is 0 Å². The second-order valence-corrected chi connectivity index (χ2v) is 4.14. The van der Waals surface area contributed by atoms with E-state index in [1.165, 1.54) is 0 Å². The highest BCUT2D eigenvalue weighted by Gasteiger charge is 2.13. The molecular weight excluding hydrogens is 238 g/mol. The summed E-state index contributed by atoms with van der Waals surface area (Å²) in [4.78, 5) is 0. The molecule has 0 bridgehead atoms. The van der Waals surface area contributed by atoms with Crippen molar-refractivity contribution in [2.45, 2.75) is 12.5 Å². The molecule has 0 aliphatic heterocycles. The summed E-state index contributed by atoms with van der Waals surface area (Å²) in [6.45, 7) is -0.106. The quantitative estimate of drug-likeness (QED) is 0.891. The van der Waals surface area contributed by atoms with E-state index in [1.54, 1.807) is 0 Å². The van der Waals surface area contributed by atoms with Crippen molar-refractivity contribution in [3.05, 3.63) is 65.7 Å². The SMILES string of the molecule is N#CCc1ccccc1OC(CO)c1ccccc1. The summed E-state index contributed by atoms with van der Waals surface area (Å²) in [7, 11) is 0. The van der Waals surface area contributed by atoms with Crippen molar-refractivity contribution >= 4 is 0 Å². The van der Waals surface area contributed by atoms with Gasteiger partial charge in [0.2, 0.25) is 0 Å². The van der Waals surface area contributed by atoms with Crippen LogP contribution in [0.15, 0.2) is 54.6 Å². The van der Waals surface area contributed by atoms with E-state index in [1.807, 2.05) is 54.6 Å². The first-order valence-corrected chi connectivity index (χ1v) is 6.12. The van der Waals surface area contributed by atoms with Crippen molar-refractivity contribution in [2.75, 3.05) is 6.61 Å². The molecule has 0 aliphatic rings. The van der Waals surface area contributed by atoms with E-state index in [0.29, 0.717) is 12.2 Å². The van der Waals surface area contributed by atoms with Crippen molar-refractivity contribution < 1.29 is 9.84 Å². The minimum Gasteiger partial charge on any atom is -0.483 e. The number of hydrogen-bond donors (Lipinski definition) is 1.